The van der Waals surface area contributed by atoms with E-state index in [1.54, 1.807) is 0 Å². The minimum atomic E-state index is 1.08. The second-order valence-corrected chi connectivity index (χ2v) is 5.67. The first-order chi connectivity index (χ1) is 10.3. The van der Waals surface area contributed by atoms with Gasteiger partial charge in [-0.25, -0.2) is 0 Å². The Hall–Kier alpha value is -1.80. The first-order valence-electron chi connectivity index (χ1n) is 7.75. The lowest BCUT2D eigenvalue weighted by molar-refractivity contribution is 0.377. The van der Waals surface area contributed by atoms with E-state index >= 15 is 0 Å². The summed E-state index contributed by atoms with van der Waals surface area (Å²) in [5, 5.41) is 0. The summed E-state index contributed by atoms with van der Waals surface area (Å²) < 4.78 is 0. The van der Waals surface area contributed by atoms with Crippen LogP contribution in [0.2, 0.25) is 0 Å². The van der Waals surface area contributed by atoms with Crippen molar-refractivity contribution in [2.75, 3.05) is 38.6 Å². The van der Waals surface area contributed by atoms with Gasteiger partial charge in [-0.15, -0.1) is 0 Å². The SMILES string of the molecule is CN(C)c1ccc(/C=C/C=C/C=C/CN2CCCC2)cc1. The van der Waals surface area contributed by atoms with Crippen LogP contribution in [-0.2, 0) is 0 Å². The molecule has 2 nitrogen and oxygen atoms in total. The molecule has 0 aromatic heterocycles. The Morgan fingerprint density at radius 3 is 2.29 bits per heavy atom. The minimum Gasteiger partial charge on any atom is -0.378 e. The van der Waals surface area contributed by atoms with Gasteiger partial charge < -0.3 is 4.90 Å². The lowest BCUT2D eigenvalue weighted by Crippen LogP contribution is -2.18. The van der Waals surface area contributed by atoms with Crippen LogP contribution in [0.3, 0.4) is 0 Å². The fourth-order valence-electron chi connectivity index (χ4n) is 2.43. The predicted molar refractivity (Wildman–Crippen MR) is 93.8 cm³/mol. The van der Waals surface area contributed by atoms with E-state index < -0.39 is 0 Å². The van der Waals surface area contributed by atoms with Crippen LogP contribution >= 0.6 is 0 Å². The summed E-state index contributed by atoms with van der Waals surface area (Å²) in [5.41, 5.74) is 2.46. The third kappa shape index (κ3) is 5.60. The summed E-state index contributed by atoms with van der Waals surface area (Å²) in [7, 11) is 4.12. The van der Waals surface area contributed by atoms with Gasteiger partial charge >= 0.3 is 0 Å². The number of benzene rings is 1. The number of rotatable bonds is 6. The highest BCUT2D eigenvalue weighted by atomic mass is 15.1. The van der Waals surface area contributed by atoms with E-state index in [0.29, 0.717) is 0 Å². The molecule has 0 atom stereocenters. The van der Waals surface area contributed by atoms with Crippen molar-refractivity contribution in [2.24, 2.45) is 0 Å². The summed E-state index contributed by atoms with van der Waals surface area (Å²) in [6.45, 7) is 3.61. The van der Waals surface area contributed by atoms with E-state index in [4.69, 9.17) is 0 Å². The van der Waals surface area contributed by atoms with Crippen molar-refractivity contribution in [3.05, 3.63) is 60.2 Å². The number of anilines is 1. The van der Waals surface area contributed by atoms with Gasteiger partial charge in [0, 0.05) is 26.3 Å². The van der Waals surface area contributed by atoms with Crippen LogP contribution in [0.25, 0.3) is 6.08 Å². The number of likely N-dealkylation sites (tertiary alicyclic amines) is 1. The molecule has 2 heteroatoms. The van der Waals surface area contributed by atoms with E-state index in [0.717, 1.165) is 6.54 Å². The maximum Gasteiger partial charge on any atom is 0.0361 e. The average molecular weight is 282 g/mol. The Labute approximate surface area is 129 Å². The summed E-state index contributed by atoms with van der Waals surface area (Å²) >= 11 is 0. The van der Waals surface area contributed by atoms with Crippen molar-refractivity contribution in [1.82, 2.24) is 4.90 Å². The molecule has 0 aliphatic carbocycles. The Bertz CT molecular complexity index is 489. The number of hydrogen-bond acceptors (Lipinski definition) is 2. The normalized spacial score (nSPS) is 16.7. The van der Waals surface area contributed by atoms with Crippen molar-refractivity contribution in [2.45, 2.75) is 12.8 Å². The van der Waals surface area contributed by atoms with Gasteiger partial charge in [0.15, 0.2) is 0 Å². The molecule has 0 saturated carbocycles. The summed E-state index contributed by atoms with van der Waals surface area (Å²) in [4.78, 5) is 4.60. The zero-order chi connectivity index (χ0) is 14.9. The quantitative estimate of drug-likeness (QED) is 0.728. The van der Waals surface area contributed by atoms with E-state index in [-0.39, 0.29) is 0 Å². The van der Waals surface area contributed by atoms with Gasteiger partial charge in [-0.05, 0) is 43.6 Å². The first-order valence-corrected chi connectivity index (χ1v) is 7.75. The fraction of sp³-hybridized carbons (Fsp3) is 0.368. The largest absolute Gasteiger partial charge is 0.378 e. The lowest BCUT2D eigenvalue weighted by atomic mass is 10.2. The van der Waals surface area contributed by atoms with Crippen LogP contribution in [-0.4, -0.2) is 38.6 Å². The van der Waals surface area contributed by atoms with Gasteiger partial charge in [0.25, 0.3) is 0 Å². The van der Waals surface area contributed by atoms with Crippen LogP contribution in [0.4, 0.5) is 5.69 Å². The first kappa shape index (κ1) is 15.6. The smallest absolute Gasteiger partial charge is 0.0361 e. The highest BCUT2D eigenvalue weighted by Gasteiger charge is 2.08. The molecule has 0 N–H and O–H groups in total. The molecule has 1 aromatic rings. The van der Waals surface area contributed by atoms with Crippen molar-refractivity contribution in [1.29, 1.82) is 0 Å². The molecule has 1 aromatic carbocycles. The zero-order valence-corrected chi connectivity index (χ0v) is 13.2. The van der Waals surface area contributed by atoms with Crippen molar-refractivity contribution in [3.8, 4) is 0 Å². The van der Waals surface area contributed by atoms with E-state index in [9.17, 15) is 0 Å². The average Bonchev–Trinajstić information content (AvgIpc) is 3.00. The van der Waals surface area contributed by atoms with Gasteiger partial charge in [-0.3, -0.25) is 4.90 Å². The Balaban J connectivity index is 1.73. The summed E-state index contributed by atoms with van der Waals surface area (Å²) in [5.74, 6) is 0. The zero-order valence-electron chi connectivity index (χ0n) is 13.2. The molecule has 1 heterocycles. The Morgan fingerprint density at radius 2 is 1.62 bits per heavy atom. The Kier molecular flexibility index (Phi) is 6.29. The number of nitrogens with zero attached hydrogens (tertiary/aromatic N) is 2. The predicted octanol–water partition coefficient (Wildman–Crippen LogP) is 3.97. The van der Waals surface area contributed by atoms with Gasteiger partial charge in [-0.2, -0.15) is 0 Å². The molecule has 0 unspecified atom stereocenters. The van der Waals surface area contributed by atoms with Crippen LogP contribution in [0.1, 0.15) is 18.4 Å². The van der Waals surface area contributed by atoms with Gasteiger partial charge in [0.1, 0.15) is 0 Å². The van der Waals surface area contributed by atoms with E-state index in [2.05, 4.69) is 84.6 Å². The maximum atomic E-state index is 2.49. The molecule has 1 aliphatic rings. The maximum absolute atomic E-state index is 2.49. The highest BCUT2D eigenvalue weighted by molar-refractivity contribution is 5.56. The van der Waals surface area contributed by atoms with Crippen molar-refractivity contribution in [3.63, 3.8) is 0 Å². The van der Waals surface area contributed by atoms with Crippen LogP contribution in [0, 0.1) is 0 Å². The van der Waals surface area contributed by atoms with Crippen molar-refractivity contribution >= 4 is 11.8 Å². The third-order valence-corrected chi connectivity index (χ3v) is 3.73. The Morgan fingerprint density at radius 1 is 0.952 bits per heavy atom. The van der Waals surface area contributed by atoms with Gasteiger partial charge in [0.05, 0.1) is 0 Å². The standard InChI is InChI=1S/C19H26N2/c1-20(2)19-13-11-18(12-14-19)10-6-4-3-5-7-15-21-16-8-9-17-21/h3-7,10-14H,8-9,15-17H2,1-2H3/b4-3+,7-5+,10-6+. The third-order valence-electron chi connectivity index (χ3n) is 3.73. The molecule has 2 rings (SSSR count). The van der Waals surface area contributed by atoms with Crippen LogP contribution in [0.15, 0.2) is 54.6 Å². The molecule has 0 spiro atoms. The van der Waals surface area contributed by atoms with Gasteiger partial charge in [-0.1, -0.05) is 48.6 Å². The fourth-order valence-corrected chi connectivity index (χ4v) is 2.43. The molecular weight excluding hydrogens is 256 g/mol. The van der Waals surface area contributed by atoms with E-state index in [1.807, 2.05) is 0 Å². The van der Waals surface area contributed by atoms with Crippen LogP contribution < -0.4 is 4.90 Å². The molecule has 0 bridgehead atoms. The lowest BCUT2D eigenvalue weighted by Gasteiger charge is -2.11. The summed E-state index contributed by atoms with van der Waals surface area (Å²) in [6, 6.07) is 8.56. The topological polar surface area (TPSA) is 6.48 Å². The highest BCUT2D eigenvalue weighted by Crippen LogP contribution is 2.13. The monoisotopic (exact) mass is 282 g/mol. The number of hydrogen-bond donors (Lipinski definition) is 0. The molecule has 21 heavy (non-hydrogen) atoms. The molecule has 0 radical (unpaired) electrons. The second kappa shape index (κ2) is 8.48. The molecule has 1 saturated heterocycles. The van der Waals surface area contributed by atoms with Crippen molar-refractivity contribution < 1.29 is 0 Å². The molecule has 1 fully saturated rings. The summed E-state index contributed by atoms with van der Waals surface area (Å²) in [6.07, 6.45) is 15.5. The number of allylic oxidation sites excluding steroid dienone is 4. The molecule has 0 amide bonds. The molecular formula is C19H26N2. The van der Waals surface area contributed by atoms with Crippen LogP contribution in [0.5, 0.6) is 0 Å². The second-order valence-electron chi connectivity index (χ2n) is 5.67. The molecule has 1 aliphatic heterocycles. The minimum absolute atomic E-state index is 1.08. The molecule has 112 valence electrons. The van der Waals surface area contributed by atoms with Gasteiger partial charge in [0.2, 0.25) is 0 Å². The van der Waals surface area contributed by atoms with E-state index in [1.165, 1.54) is 37.2 Å².